The summed E-state index contributed by atoms with van der Waals surface area (Å²) in [5.41, 5.74) is 2.42. The van der Waals surface area contributed by atoms with E-state index in [1.165, 1.54) is 15.9 Å². The molecule has 4 aromatic rings. The molecule has 0 bridgehead atoms. The summed E-state index contributed by atoms with van der Waals surface area (Å²) in [7, 11) is 0. The molecule has 2 aromatic carbocycles. The Balaban J connectivity index is 1.57. The van der Waals surface area contributed by atoms with Crippen LogP contribution in [-0.4, -0.2) is 34.6 Å². The number of aromatic nitrogens is 2. The molecule has 0 aliphatic rings. The number of carbonyl (C=O) groups is 2. The number of esters is 1. The number of anilines is 1. The monoisotopic (exact) mass is 479 g/mol. The predicted molar refractivity (Wildman–Crippen MR) is 130 cm³/mol. The first-order chi connectivity index (χ1) is 16.5. The Bertz CT molecular complexity index is 1360. The van der Waals surface area contributed by atoms with Crippen LogP contribution in [-0.2, 0) is 22.5 Å². The van der Waals surface area contributed by atoms with Gasteiger partial charge in [-0.15, -0.1) is 11.3 Å². The minimum atomic E-state index is -0.505. The summed E-state index contributed by atoms with van der Waals surface area (Å²) in [6.07, 6.45) is 0.695. The minimum Gasteiger partial charge on any atom is -0.461 e. The van der Waals surface area contributed by atoms with Gasteiger partial charge in [-0.05, 0) is 38.0 Å². The second-order valence-corrected chi connectivity index (χ2v) is 8.82. The summed E-state index contributed by atoms with van der Waals surface area (Å²) in [5.74, 6) is -1.20. The van der Waals surface area contributed by atoms with E-state index in [0.717, 1.165) is 5.56 Å². The van der Waals surface area contributed by atoms with Crippen LogP contribution in [0.2, 0.25) is 0 Å². The lowest BCUT2D eigenvalue weighted by Crippen LogP contribution is -2.34. The number of nitrogens with zero attached hydrogens (tertiary/aromatic N) is 3. The van der Waals surface area contributed by atoms with Crippen LogP contribution in [0.5, 0.6) is 0 Å². The maximum absolute atomic E-state index is 13.4. The van der Waals surface area contributed by atoms with Crippen molar-refractivity contribution in [1.29, 1.82) is 0 Å². The van der Waals surface area contributed by atoms with E-state index in [1.807, 2.05) is 36.4 Å². The first kappa shape index (κ1) is 23.4. The van der Waals surface area contributed by atoms with Crippen LogP contribution in [0.25, 0.3) is 11.1 Å². The van der Waals surface area contributed by atoms with Crippen molar-refractivity contribution < 1.29 is 18.7 Å². The summed E-state index contributed by atoms with van der Waals surface area (Å²) in [6, 6.07) is 16.9. The van der Waals surface area contributed by atoms with Crippen molar-refractivity contribution in [2.45, 2.75) is 33.2 Å². The zero-order valence-corrected chi connectivity index (χ0v) is 19.8. The third kappa shape index (κ3) is 5.09. The molecule has 9 heteroatoms. The fraction of sp³-hybridized carbons (Fsp3) is 0.280. The Morgan fingerprint density at radius 1 is 1.12 bits per heavy atom. The van der Waals surface area contributed by atoms with Crippen molar-refractivity contribution >= 4 is 39.4 Å². The van der Waals surface area contributed by atoms with Gasteiger partial charge in [-0.25, -0.2) is 14.6 Å². The van der Waals surface area contributed by atoms with Crippen LogP contribution < -0.4 is 10.7 Å². The van der Waals surface area contributed by atoms with E-state index in [0.29, 0.717) is 34.1 Å². The van der Waals surface area contributed by atoms with Crippen LogP contribution >= 0.6 is 11.3 Å². The highest BCUT2D eigenvalue weighted by Gasteiger charge is 2.24. The molecular formula is C25H25N3O5S. The molecule has 0 saturated carbocycles. The Kier molecular flexibility index (Phi) is 7.22. The van der Waals surface area contributed by atoms with Gasteiger partial charge in [0.25, 0.3) is 0 Å². The molecule has 0 radical (unpaired) electrons. The molecule has 8 nitrogen and oxygen atoms in total. The topological polar surface area (TPSA) is 94.6 Å². The third-order valence-electron chi connectivity index (χ3n) is 5.38. The highest BCUT2D eigenvalue weighted by Crippen LogP contribution is 2.27. The molecule has 176 valence electrons. The molecule has 1 amide bonds. The number of ether oxygens (including phenoxy) is 1. The van der Waals surface area contributed by atoms with E-state index in [1.54, 1.807) is 36.9 Å². The number of amides is 1. The van der Waals surface area contributed by atoms with Crippen molar-refractivity contribution in [2.75, 3.05) is 18.1 Å². The molecule has 2 heterocycles. The zero-order chi connectivity index (χ0) is 24.1. The van der Waals surface area contributed by atoms with Crippen LogP contribution in [0.1, 0.15) is 34.3 Å². The molecule has 0 saturated heterocycles. The summed E-state index contributed by atoms with van der Waals surface area (Å²) >= 11 is 1.28. The van der Waals surface area contributed by atoms with Gasteiger partial charge in [-0.3, -0.25) is 14.3 Å². The Morgan fingerprint density at radius 2 is 1.85 bits per heavy atom. The SMILES string of the molecule is CCOC(=O)c1nc(N(CCc2ccccc2)C(=O)CCn2c(=O)oc3ccccc32)sc1C. The summed E-state index contributed by atoms with van der Waals surface area (Å²) < 4.78 is 11.8. The van der Waals surface area contributed by atoms with Crippen LogP contribution in [0.4, 0.5) is 5.13 Å². The molecule has 0 atom stereocenters. The van der Waals surface area contributed by atoms with E-state index in [2.05, 4.69) is 4.98 Å². The number of rotatable bonds is 9. The van der Waals surface area contributed by atoms with Crippen molar-refractivity contribution in [3.05, 3.63) is 81.3 Å². The predicted octanol–water partition coefficient (Wildman–Crippen LogP) is 4.20. The van der Waals surface area contributed by atoms with Gasteiger partial charge in [-0.1, -0.05) is 42.5 Å². The Labute approximate surface area is 200 Å². The molecule has 0 spiro atoms. The van der Waals surface area contributed by atoms with Gasteiger partial charge in [-0.2, -0.15) is 0 Å². The molecule has 4 rings (SSSR count). The van der Waals surface area contributed by atoms with Crippen LogP contribution in [0.3, 0.4) is 0 Å². The lowest BCUT2D eigenvalue weighted by Gasteiger charge is -2.20. The number of thiazole rings is 1. The maximum atomic E-state index is 13.4. The largest absolute Gasteiger partial charge is 0.461 e. The van der Waals surface area contributed by atoms with E-state index in [-0.39, 0.29) is 31.2 Å². The molecule has 0 N–H and O–H groups in total. The maximum Gasteiger partial charge on any atom is 0.419 e. The van der Waals surface area contributed by atoms with Gasteiger partial charge in [0.1, 0.15) is 0 Å². The van der Waals surface area contributed by atoms with Crippen molar-refractivity contribution in [1.82, 2.24) is 9.55 Å². The average Bonchev–Trinajstić information content (AvgIpc) is 3.37. The molecule has 0 fully saturated rings. The quantitative estimate of drug-likeness (QED) is 0.334. The zero-order valence-electron chi connectivity index (χ0n) is 19.0. The first-order valence-electron chi connectivity index (χ1n) is 11.0. The normalized spacial score (nSPS) is 11.0. The van der Waals surface area contributed by atoms with E-state index in [4.69, 9.17) is 9.15 Å². The fourth-order valence-corrected chi connectivity index (χ4v) is 4.61. The third-order valence-corrected chi connectivity index (χ3v) is 6.37. The number of oxazole rings is 1. The van der Waals surface area contributed by atoms with Crippen LogP contribution in [0, 0.1) is 6.92 Å². The summed E-state index contributed by atoms with van der Waals surface area (Å²) in [4.78, 5) is 44.6. The summed E-state index contributed by atoms with van der Waals surface area (Å²) in [6.45, 7) is 4.32. The lowest BCUT2D eigenvalue weighted by atomic mass is 10.1. The lowest BCUT2D eigenvalue weighted by molar-refractivity contribution is -0.118. The highest BCUT2D eigenvalue weighted by molar-refractivity contribution is 7.16. The van der Waals surface area contributed by atoms with Crippen molar-refractivity contribution in [3.63, 3.8) is 0 Å². The smallest absolute Gasteiger partial charge is 0.419 e. The van der Waals surface area contributed by atoms with Crippen molar-refractivity contribution in [3.8, 4) is 0 Å². The number of carbonyl (C=O) groups excluding carboxylic acids is 2. The average molecular weight is 480 g/mol. The second-order valence-electron chi connectivity index (χ2n) is 7.64. The number of benzene rings is 2. The standard InChI is InChI=1S/C25H25N3O5S/c1-3-32-23(30)22-17(2)34-24(26-22)28(15-13-18-9-5-4-6-10-18)21(29)14-16-27-19-11-7-8-12-20(19)33-25(27)31/h4-12H,3,13-16H2,1-2H3. The Morgan fingerprint density at radius 3 is 2.62 bits per heavy atom. The molecule has 0 aliphatic heterocycles. The fourth-order valence-electron chi connectivity index (χ4n) is 3.67. The minimum absolute atomic E-state index is 0.0750. The number of hydrogen-bond donors (Lipinski definition) is 0. The van der Waals surface area contributed by atoms with Gasteiger partial charge in [0.15, 0.2) is 16.4 Å². The number of para-hydroxylation sites is 2. The number of fused-ring (bicyclic) bond motifs is 1. The van der Waals surface area contributed by atoms with Gasteiger partial charge >= 0.3 is 11.7 Å². The Hall–Kier alpha value is -3.72. The van der Waals surface area contributed by atoms with Gasteiger partial charge < -0.3 is 9.15 Å². The molecule has 34 heavy (non-hydrogen) atoms. The molecule has 2 aromatic heterocycles. The molecule has 0 unspecified atom stereocenters. The van der Waals surface area contributed by atoms with E-state index >= 15 is 0 Å². The summed E-state index contributed by atoms with van der Waals surface area (Å²) in [5, 5.41) is 0.436. The van der Waals surface area contributed by atoms with Crippen LogP contribution in [0.15, 0.2) is 63.8 Å². The first-order valence-corrected chi connectivity index (χ1v) is 11.9. The molecular weight excluding hydrogens is 454 g/mol. The van der Waals surface area contributed by atoms with E-state index < -0.39 is 11.7 Å². The number of hydrogen-bond acceptors (Lipinski definition) is 7. The van der Waals surface area contributed by atoms with Crippen molar-refractivity contribution in [2.24, 2.45) is 0 Å². The second kappa shape index (κ2) is 10.5. The highest BCUT2D eigenvalue weighted by atomic mass is 32.1. The van der Waals surface area contributed by atoms with Gasteiger partial charge in [0.05, 0.1) is 12.1 Å². The number of aryl methyl sites for hydroxylation is 2. The molecule has 0 aliphatic carbocycles. The van der Waals surface area contributed by atoms with Gasteiger partial charge in [0, 0.05) is 24.4 Å². The van der Waals surface area contributed by atoms with Gasteiger partial charge in [0.2, 0.25) is 5.91 Å². The van der Waals surface area contributed by atoms with E-state index in [9.17, 15) is 14.4 Å².